The third-order valence-corrected chi connectivity index (χ3v) is 3.21. The van der Waals surface area contributed by atoms with Crippen LogP contribution in [0.25, 0.3) is 0 Å². The summed E-state index contributed by atoms with van der Waals surface area (Å²) in [6, 6.07) is 5.03. The lowest BCUT2D eigenvalue weighted by Gasteiger charge is -2.23. The maximum Gasteiger partial charge on any atom is 0.0377 e. The molecule has 1 aromatic rings. The lowest BCUT2D eigenvalue weighted by Crippen LogP contribution is -2.15. The van der Waals surface area contributed by atoms with Crippen LogP contribution in [0.2, 0.25) is 0 Å². The first-order chi connectivity index (χ1) is 7.18. The number of anilines is 1. The van der Waals surface area contributed by atoms with Gasteiger partial charge in [-0.05, 0) is 69.2 Å². The van der Waals surface area contributed by atoms with E-state index in [0.29, 0.717) is 6.04 Å². The number of benzene rings is 1. The fourth-order valence-electron chi connectivity index (χ4n) is 2.49. The number of hydrogen-bond acceptors (Lipinski definition) is 1. The Morgan fingerprint density at radius 3 is 2.40 bits per heavy atom. The Bertz CT molecular complexity index is 353. The van der Waals surface area contributed by atoms with Crippen molar-refractivity contribution in [2.75, 3.05) is 5.32 Å². The summed E-state index contributed by atoms with van der Waals surface area (Å²) in [7, 11) is 0. The smallest absolute Gasteiger partial charge is 0.0377 e. The van der Waals surface area contributed by atoms with Crippen molar-refractivity contribution in [3.8, 4) is 0 Å². The van der Waals surface area contributed by atoms with Crippen LogP contribution in [-0.4, -0.2) is 6.04 Å². The molecule has 1 nitrogen and oxygen atoms in total. The summed E-state index contributed by atoms with van der Waals surface area (Å²) < 4.78 is 0. The molecule has 0 atom stereocenters. The van der Waals surface area contributed by atoms with Crippen molar-refractivity contribution < 1.29 is 0 Å². The molecule has 0 saturated carbocycles. The lowest BCUT2D eigenvalue weighted by atomic mass is 9.87. The SMILES string of the molecule is Cc1ccc(NC(C)C)c2c1CCCC2. The van der Waals surface area contributed by atoms with Crippen LogP contribution in [0, 0.1) is 6.92 Å². The van der Waals surface area contributed by atoms with Crippen LogP contribution >= 0.6 is 0 Å². The van der Waals surface area contributed by atoms with E-state index in [9.17, 15) is 0 Å². The van der Waals surface area contributed by atoms with Crippen molar-refractivity contribution in [3.63, 3.8) is 0 Å². The average molecular weight is 203 g/mol. The van der Waals surface area contributed by atoms with Crippen molar-refractivity contribution >= 4 is 5.69 Å². The molecular formula is C14H21N. The van der Waals surface area contributed by atoms with E-state index in [0.717, 1.165) is 0 Å². The molecule has 0 amide bonds. The van der Waals surface area contributed by atoms with Gasteiger partial charge in [0.15, 0.2) is 0 Å². The summed E-state index contributed by atoms with van der Waals surface area (Å²) in [5.74, 6) is 0. The predicted octanol–water partition coefficient (Wildman–Crippen LogP) is 3.69. The van der Waals surface area contributed by atoms with Gasteiger partial charge in [0, 0.05) is 11.7 Å². The maximum atomic E-state index is 3.56. The van der Waals surface area contributed by atoms with Crippen molar-refractivity contribution in [1.29, 1.82) is 0 Å². The molecule has 0 saturated heterocycles. The van der Waals surface area contributed by atoms with Crippen LogP contribution in [0.4, 0.5) is 5.69 Å². The van der Waals surface area contributed by atoms with Crippen molar-refractivity contribution in [3.05, 3.63) is 28.8 Å². The van der Waals surface area contributed by atoms with Gasteiger partial charge >= 0.3 is 0 Å². The first kappa shape index (κ1) is 10.5. The molecule has 15 heavy (non-hydrogen) atoms. The topological polar surface area (TPSA) is 12.0 Å². The van der Waals surface area contributed by atoms with E-state index in [-0.39, 0.29) is 0 Å². The highest BCUT2D eigenvalue weighted by atomic mass is 14.9. The molecule has 0 aromatic heterocycles. The average Bonchev–Trinajstić information content (AvgIpc) is 2.22. The van der Waals surface area contributed by atoms with Crippen molar-refractivity contribution in [1.82, 2.24) is 0 Å². The first-order valence-corrected chi connectivity index (χ1v) is 6.06. The molecule has 0 aliphatic heterocycles. The molecule has 1 aliphatic rings. The molecule has 0 fully saturated rings. The fourth-order valence-corrected chi connectivity index (χ4v) is 2.49. The molecule has 0 unspecified atom stereocenters. The molecule has 0 radical (unpaired) electrons. The zero-order valence-corrected chi connectivity index (χ0v) is 10.1. The van der Waals surface area contributed by atoms with Gasteiger partial charge in [-0.25, -0.2) is 0 Å². The summed E-state index contributed by atoms with van der Waals surface area (Å²) in [6.45, 7) is 6.65. The first-order valence-electron chi connectivity index (χ1n) is 6.06. The number of rotatable bonds is 2. The second-order valence-corrected chi connectivity index (χ2v) is 4.89. The summed E-state index contributed by atoms with van der Waals surface area (Å²) in [4.78, 5) is 0. The van der Waals surface area contributed by atoms with Crippen LogP contribution in [0.3, 0.4) is 0 Å². The highest BCUT2D eigenvalue weighted by Gasteiger charge is 2.15. The monoisotopic (exact) mass is 203 g/mol. The van der Waals surface area contributed by atoms with E-state index < -0.39 is 0 Å². The number of hydrogen-bond donors (Lipinski definition) is 1. The van der Waals surface area contributed by atoms with E-state index in [4.69, 9.17) is 0 Å². The second kappa shape index (κ2) is 4.26. The van der Waals surface area contributed by atoms with Gasteiger partial charge < -0.3 is 5.32 Å². The molecule has 0 spiro atoms. The van der Waals surface area contributed by atoms with Crippen LogP contribution in [-0.2, 0) is 12.8 Å². The van der Waals surface area contributed by atoms with Crippen molar-refractivity contribution in [2.45, 2.75) is 52.5 Å². The zero-order chi connectivity index (χ0) is 10.8. The van der Waals surface area contributed by atoms with Gasteiger partial charge in [0.2, 0.25) is 0 Å². The van der Waals surface area contributed by atoms with Gasteiger partial charge in [0.1, 0.15) is 0 Å². The quantitative estimate of drug-likeness (QED) is 0.773. The highest BCUT2D eigenvalue weighted by Crippen LogP contribution is 2.30. The Balaban J connectivity index is 2.39. The zero-order valence-electron chi connectivity index (χ0n) is 10.1. The summed E-state index contributed by atoms with van der Waals surface area (Å²) in [5.41, 5.74) is 6.02. The summed E-state index contributed by atoms with van der Waals surface area (Å²) in [6.07, 6.45) is 5.24. The number of fused-ring (bicyclic) bond motifs is 1. The van der Waals surface area contributed by atoms with Gasteiger partial charge in [-0.1, -0.05) is 6.07 Å². The van der Waals surface area contributed by atoms with E-state index in [1.807, 2.05) is 0 Å². The third kappa shape index (κ3) is 2.17. The number of nitrogens with one attached hydrogen (secondary N) is 1. The molecule has 0 heterocycles. The minimum Gasteiger partial charge on any atom is -0.383 e. The summed E-state index contributed by atoms with van der Waals surface area (Å²) in [5, 5.41) is 3.56. The molecule has 1 aromatic carbocycles. The van der Waals surface area contributed by atoms with E-state index >= 15 is 0 Å². The number of aryl methyl sites for hydroxylation is 1. The van der Waals surface area contributed by atoms with Gasteiger partial charge in [0.05, 0.1) is 0 Å². The molecular weight excluding hydrogens is 182 g/mol. The second-order valence-electron chi connectivity index (χ2n) is 4.89. The third-order valence-electron chi connectivity index (χ3n) is 3.21. The maximum absolute atomic E-state index is 3.56. The normalized spacial score (nSPS) is 15.2. The Hall–Kier alpha value is -0.980. The Morgan fingerprint density at radius 1 is 1.07 bits per heavy atom. The van der Waals surface area contributed by atoms with Crippen LogP contribution in [0.5, 0.6) is 0 Å². The molecule has 2 rings (SSSR count). The van der Waals surface area contributed by atoms with E-state index in [1.165, 1.54) is 36.9 Å². The predicted molar refractivity (Wildman–Crippen MR) is 66.6 cm³/mol. The molecule has 0 bridgehead atoms. The lowest BCUT2D eigenvalue weighted by molar-refractivity contribution is 0.681. The molecule has 1 N–H and O–H groups in total. The van der Waals surface area contributed by atoms with Crippen LogP contribution in [0.1, 0.15) is 43.4 Å². The fraction of sp³-hybridized carbons (Fsp3) is 0.571. The molecule has 1 heteroatoms. The minimum atomic E-state index is 0.527. The minimum absolute atomic E-state index is 0.527. The Labute approximate surface area is 92.9 Å². The van der Waals surface area contributed by atoms with Gasteiger partial charge in [-0.15, -0.1) is 0 Å². The highest BCUT2D eigenvalue weighted by molar-refractivity contribution is 5.58. The summed E-state index contributed by atoms with van der Waals surface area (Å²) >= 11 is 0. The standard InChI is InChI=1S/C14H21N/c1-10(2)15-14-9-8-11(3)12-6-4-5-7-13(12)14/h8-10,15H,4-7H2,1-3H3. The van der Waals surface area contributed by atoms with Gasteiger partial charge in [-0.2, -0.15) is 0 Å². The Morgan fingerprint density at radius 2 is 1.73 bits per heavy atom. The largest absolute Gasteiger partial charge is 0.383 e. The van der Waals surface area contributed by atoms with E-state index in [1.54, 1.807) is 11.1 Å². The Kier molecular flexibility index (Phi) is 2.99. The van der Waals surface area contributed by atoms with E-state index in [2.05, 4.69) is 38.2 Å². The van der Waals surface area contributed by atoms with Crippen molar-refractivity contribution in [2.24, 2.45) is 0 Å². The van der Waals surface area contributed by atoms with Crippen LogP contribution in [0.15, 0.2) is 12.1 Å². The molecule has 82 valence electrons. The van der Waals surface area contributed by atoms with Gasteiger partial charge in [-0.3, -0.25) is 0 Å². The molecule has 1 aliphatic carbocycles. The van der Waals surface area contributed by atoms with Crippen LogP contribution < -0.4 is 5.32 Å². The van der Waals surface area contributed by atoms with Gasteiger partial charge in [0.25, 0.3) is 0 Å².